The summed E-state index contributed by atoms with van der Waals surface area (Å²) in [5.41, 5.74) is 0.320. The number of nitrogens with zero attached hydrogens (tertiary/aromatic N) is 1. The van der Waals surface area contributed by atoms with Gasteiger partial charge in [-0.15, -0.1) is 11.3 Å². The van der Waals surface area contributed by atoms with Crippen molar-refractivity contribution in [2.75, 3.05) is 13.1 Å². The molecule has 0 spiro atoms. The van der Waals surface area contributed by atoms with Gasteiger partial charge in [-0.05, 0) is 35.6 Å². The predicted molar refractivity (Wildman–Crippen MR) is 64.7 cm³/mol. The maximum Gasteiger partial charge on any atom is 0.406 e. The molecule has 1 heterocycles. The van der Waals surface area contributed by atoms with Gasteiger partial charge in [-0.3, -0.25) is 4.79 Å². The molecule has 0 fully saturated rings. The highest BCUT2D eigenvalue weighted by molar-refractivity contribution is 14.1. The number of rotatable bonds is 3. The Bertz CT molecular complexity index is 377. The monoisotopic (exact) mass is 363 g/mol. The van der Waals surface area contributed by atoms with Gasteiger partial charge in [-0.1, -0.05) is 0 Å². The second kappa shape index (κ2) is 5.35. The quantitative estimate of drug-likeness (QED) is 0.755. The number of carbonyl (C=O) groups is 1. The van der Waals surface area contributed by atoms with Crippen LogP contribution in [0.1, 0.15) is 17.3 Å². The second-order valence-electron chi connectivity index (χ2n) is 3.07. The zero-order chi connectivity index (χ0) is 12.3. The summed E-state index contributed by atoms with van der Waals surface area (Å²) in [5, 5.41) is 1.57. The minimum atomic E-state index is -4.35. The summed E-state index contributed by atoms with van der Waals surface area (Å²) in [4.78, 5) is 12.5. The maximum absolute atomic E-state index is 12.2. The average molecular weight is 363 g/mol. The fourth-order valence-corrected chi connectivity index (χ4v) is 2.47. The molecule has 0 aromatic carbocycles. The van der Waals surface area contributed by atoms with Crippen LogP contribution in [0, 0.1) is 2.88 Å². The minimum absolute atomic E-state index is 0.0464. The van der Waals surface area contributed by atoms with E-state index in [2.05, 4.69) is 0 Å². The van der Waals surface area contributed by atoms with E-state index in [4.69, 9.17) is 0 Å². The minimum Gasteiger partial charge on any atom is -0.330 e. The molecule has 1 aromatic rings. The van der Waals surface area contributed by atoms with E-state index in [0.29, 0.717) is 5.56 Å². The van der Waals surface area contributed by atoms with Crippen molar-refractivity contribution in [1.29, 1.82) is 0 Å². The van der Waals surface area contributed by atoms with E-state index in [9.17, 15) is 18.0 Å². The Labute approximate surface area is 109 Å². The standard InChI is InChI=1S/C9H9F3INOS/c1-2-14(5-9(10,11)12)8(15)6-3-7(13)16-4-6/h3-4H,2,5H2,1H3. The molecule has 1 amide bonds. The number of hydrogen-bond donors (Lipinski definition) is 0. The van der Waals surface area contributed by atoms with Gasteiger partial charge in [0.15, 0.2) is 0 Å². The van der Waals surface area contributed by atoms with E-state index in [-0.39, 0.29) is 6.54 Å². The first kappa shape index (κ1) is 13.8. The van der Waals surface area contributed by atoms with Gasteiger partial charge in [0.25, 0.3) is 5.91 Å². The first-order chi connectivity index (χ1) is 7.33. The third-order valence-corrected chi connectivity index (χ3v) is 3.64. The molecule has 1 aromatic heterocycles. The van der Waals surface area contributed by atoms with Crippen LogP contribution in [0.15, 0.2) is 11.4 Å². The van der Waals surface area contributed by atoms with Crippen molar-refractivity contribution >= 4 is 39.8 Å². The molecule has 0 aliphatic carbocycles. The van der Waals surface area contributed by atoms with Crippen molar-refractivity contribution < 1.29 is 18.0 Å². The summed E-state index contributed by atoms with van der Waals surface area (Å²) in [6.07, 6.45) is -4.35. The molecule has 0 aliphatic rings. The van der Waals surface area contributed by atoms with Crippen LogP contribution in [0.4, 0.5) is 13.2 Å². The summed E-state index contributed by atoms with van der Waals surface area (Å²) in [6, 6.07) is 1.59. The van der Waals surface area contributed by atoms with Crippen LogP contribution in [0.5, 0.6) is 0 Å². The van der Waals surface area contributed by atoms with Gasteiger partial charge in [0.2, 0.25) is 0 Å². The van der Waals surface area contributed by atoms with Gasteiger partial charge in [0, 0.05) is 11.9 Å². The lowest BCUT2D eigenvalue weighted by Gasteiger charge is -2.21. The number of thiophene rings is 1. The second-order valence-corrected chi connectivity index (χ2v) is 5.88. The molecule has 0 N–H and O–H groups in total. The normalized spacial score (nSPS) is 11.6. The van der Waals surface area contributed by atoms with Crippen LogP contribution >= 0.6 is 33.9 Å². The number of amides is 1. The van der Waals surface area contributed by atoms with E-state index < -0.39 is 18.6 Å². The molecule has 0 bridgehead atoms. The van der Waals surface area contributed by atoms with E-state index in [1.807, 2.05) is 22.6 Å². The molecule has 7 heteroatoms. The third-order valence-electron chi connectivity index (χ3n) is 1.85. The highest BCUT2D eigenvalue weighted by Gasteiger charge is 2.32. The zero-order valence-corrected chi connectivity index (χ0v) is 11.3. The van der Waals surface area contributed by atoms with Gasteiger partial charge in [-0.2, -0.15) is 13.2 Å². The molecule has 0 aliphatic heterocycles. The number of alkyl halides is 3. The Morgan fingerprint density at radius 3 is 2.56 bits per heavy atom. The SMILES string of the molecule is CCN(CC(F)(F)F)C(=O)c1csc(I)c1. The largest absolute Gasteiger partial charge is 0.406 e. The number of hydrogen-bond acceptors (Lipinski definition) is 2. The van der Waals surface area contributed by atoms with Crippen molar-refractivity contribution in [3.63, 3.8) is 0 Å². The Morgan fingerprint density at radius 2 is 2.19 bits per heavy atom. The Hall–Kier alpha value is -0.310. The predicted octanol–water partition coefficient (Wildman–Crippen LogP) is 3.38. The van der Waals surface area contributed by atoms with Gasteiger partial charge in [0.1, 0.15) is 6.54 Å². The maximum atomic E-state index is 12.2. The highest BCUT2D eigenvalue weighted by atomic mass is 127. The molecule has 16 heavy (non-hydrogen) atoms. The molecule has 0 saturated carbocycles. The highest BCUT2D eigenvalue weighted by Crippen LogP contribution is 2.21. The lowest BCUT2D eigenvalue weighted by atomic mass is 10.3. The molecule has 0 unspecified atom stereocenters. The number of carbonyl (C=O) groups excluding carboxylic acids is 1. The van der Waals surface area contributed by atoms with Crippen molar-refractivity contribution in [1.82, 2.24) is 4.90 Å². The van der Waals surface area contributed by atoms with Crippen LogP contribution in [-0.2, 0) is 0 Å². The molecule has 90 valence electrons. The molecule has 0 radical (unpaired) electrons. The molecular weight excluding hydrogens is 354 g/mol. The smallest absolute Gasteiger partial charge is 0.330 e. The van der Waals surface area contributed by atoms with Crippen LogP contribution < -0.4 is 0 Å². The van der Waals surface area contributed by atoms with Gasteiger partial charge < -0.3 is 4.90 Å². The van der Waals surface area contributed by atoms with Crippen molar-refractivity contribution in [2.45, 2.75) is 13.1 Å². The lowest BCUT2D eigenvalue weighted by Crippen LogP contribution is -2.38. The summed E-state index contributed by atoms with van der Waals surface area (Å²) < 4.78 is 37.4. The molecule has 0 saturated heterocycles. The molecule has 1 rings (SSSR count). The summed E-state index contributed by atoms with van der Waals surface area (Å²) in [6.45, 7) is 0.375. The summed E-state index contributed by atoms with van der Waals surface area (Å²) in [5.74, 6) is -0.570. The summed E-state index contributed by atoms with van der Waals surface area (Å²) >= 11 is 3.36. The number of halogens is 4. The Kier molecular flexibility index (Phi) is 4.60. The van der Waals surface area contributed by atoms with Gasteiger partial charge in [-0.25, -0.2) is 0 Å². The van der Waals surface area contributed by atoms with Gasteiger partial charge >= 0.3 is 6.18 Å². The van der Waals surface area contributed by atoms with Crippen LogP contribution in [0.25, 0.3) is 0 Å². The fraction of sp³-hybridized carbons (Fsp3) is 0.444. The summed E-state index contributed by atoms with van der Waals surface area (Å²) in [7, 11) is 0. The van der Waals surface area contributed by atoms with E-state index in [1.54, 1.807) is 11.4 Å². The lowest BCUT2D eigenvalue weighted by molar-refractivity contribution is -0.140. The van der Waals surface area contributed by atoms with Crippen LogP contribution in [0.2, 0.25) is 0 Å². The van der Waals surface area contributed by atoms with E-state index in [1.165, 1.54) is 18.3 Å². The van der Waals surface area contributed by atoms with E-state index in [0.717, 1.165) is 7.78 Å². The Morgan fingerprint density at radius 1 is 1.56 bits per heavy atom. The van der Waals surface area contributed by atoms with Crippen LogP contribution in [-0.4, -0.2) is 30.1 Å². The topological polar surface area (TPSA) is 20.3 Å². The molecule has 0 atom stereocenters. The molecular formula is C9H9F3INOS. The average Bonchev–Trinajstić information content (AvgIpc) is 2.58. The first-order valence-corrected chi connectivity index (χ1v) is 6.39. The Balaban J connectivity index is 2.78. The van der Waals surface area contributed by atoms with Crippen molar-refractivity contribution in [3.05, 3.63) is 19.9 Å². The van der Waals surface area contributed by atoms with E-state index >= 15 is 0 Å². The fourth-order valence-electron chi connectivity index (χ4n) is 1.15. The first-order valence-electron chi connectivity index (χ1n) is 4.43. The zero-order valence-electron chi connectivity index (χ0n) is 8.34. The third kappa shape index (κ3) is 3.93. The molecule has 2 nitrogen and oxygen atoms in total. The van der Waals surface area contributed by atoms with Crippen molar-refractivity contribution in [2.24, 2.45) is 0 Å². The van der Waals surface area contributed by atoms with Gasteiger partial charge in [0.05, 0.1) is 8.45 Å². The van der Waals surface area contributed by atoms with Crippen molar-refractivity contribution in [3.8, 4) is 0 Å². The van der Waals surface area contributed by atoms with Crippen LogP contribution in [0.3, 0.4) is 0 Å².